The normalized spacial score (nSPS) is 11.0. The van der Waals surface area contributed by atoms with Gasteiger partial charge in [-0.3, -0.25) is 10.1 Å². The minimum Gasteiger partial charge on any atom is -0.497 e. The minimum atomic E-state index is -3.63. The van der Waals surface area contributed by atoms with E-state index in [4.69, 9.17) is 10.6 Å². The van der Waals surface area contributed by atoms with Crippen molar-refractivity contribution in [3.63, 3.8) is 0 Å². The number of hydrazine groups is 1. The predicted molar refractivity (Wildman–Crippen MR) is 82.8 cm³/mol. The second-order valence-electron chi connectivity index (χ2n) is 4.34. The van der Waals surface area contributed by atoms with E-state index in [1.165, 1.54) is 30.6 Å². The molecule has 0 atom stereocenters. The van der Waals surface area contributed by atoms with Crippen LogP contribution in [-0.2, 0) is 10.0 Å². The van der Waals surface area contributed by atoms with Crippen LogP contribution < -0.4 is 20.3 Å². The molecule has 0 aliphatic heterocycles. The van der Waals surface area contributed by atoms with Gasteiger partial charge in [0, 0.05) is 18.8 Å². The van der Waals surface area contributed by atoms with E-state index < -0.39 is 10.0 Å². The van der Waals surface area contributed by atoms with Crippen LogP contribution in [0.25, 0.3) is 0 Å². The number of sulfonamides is 1. The van der Waals surface area contributed by atoms with Gasteiger partial charge in [-0.1, -0.05) is 6.07 Å². The van der Waals surface area contributed by atoms with Gasteiger partial charge in [0.15, 0.2) is 0 Å². The van der Waals surface area contributed by atoms with Gasteiger partial charge >= 0.3 is 0 Å². The summed E-state index contributed by atoms with van der Waals surface area (Å²) in [5.74, 6) is 5.86. The van der Waals surface area contributed by atoms with Crippen LogP contribution in [0.3, 0.4) is 0 Å². The number of hydrogen-bond acceptors (Lipinski definition) is 5. The van der Waals surface area contributed by atoms with Gasteiger partial charge in [0.2, 0.25) is 0 Å². The molecular formula is C14H17N3O3S. The molecule has 0 saturated heterocycles. The number of hydrogen-bond donors (Lipinski definition) is 2. The van der Waals surface area contributed by atoms with Gasteiger partial charge in [0.1, 0.15) is 5.75 Å². The Bertz CT molecular complexity index is 714. The minimum absolute atomic E-state index is 0.187. The highest BCUT2D eigenvalue weighted by atomic mass is 32.2. The Hall–Kier alpha value is -2.25. The number of nitrogens with two attached hydrogens (primary N) is 1. The van der Waals surface area contributed by atoms with E-state index in [1.807, 2.05) is 0 Å². The van der Waals surface area contributed by atoms with E-state index in [0.717, 1.165) is 0 Å². The fraction of sp³-hybridized carbons (Fsp3) is 0.143. The number of rotatable bonds is 5. The third-order valence-corrected chi connectivity index (χ3v) is 4.90. The van der Waals surface area contributed by atoms with Gasteiger partial charge in [0.05, 0.1) is 17.7 Å². The number of nitrogen functional groups attached to an aromatic ring is 1. The number of methoxy groups -OCH3 is 1. The van der Waals surface area contributed by atoms with Crippen molar-refractivity contribution in [1.82, 2.24) is 0 Å². The highest BCUT2D eigenvalue weighted by molar-refractivity contribution is 7.92. The lowest BCUT2D eigenvalue weighted by Crippen LogP contribution is -2.26. The molecule has 2 aromatic carbocycles. The number of nitrogens with one attached hydrogen (secondary N) is 1. The van der Waals surface area contributed by atoms with Crippen LogP contribution in [0.2, 0.25) is 0 Å². The van der Waals surface area contributed by atoms with E-state index in [-0.39, 0.29) is 4.90 Å². The molecule has 0 bridgehead atoms. The smallest absolute Gasteiger partial charge is 0.264 e. The third kappa shape index (κ3) is 3.09. The zero-order valence-electron chi connectivity index (χ0n) is 11.8. The molecule has 0 radical (unpaired) electrons. The van der Waals surface area contributed by atoms with Gasteiger partial charge in [-0.05, 0) is 36.4 Å². The Balaban J connectivity index is 2.37. The molecular weight excluding hydrogens is 290 g/mol. The standard InChI is InChI=1S/C14H17N3O3S/c1-17(12-4-3-5-13(10-12)20-2)21(18,19)14-8-6-11(16-15)7-9-14/h3-10,16H,15H2,1-2H3. The van der Waals surface area contributed by atoms with Crippen molar-refractivity contribution in [2.45, 2.75) is 4.90 Å². The van der Waals surface area contributed by atoms with E-state index in [9.17, 15) is 8.42 Å². The molecule has 0 fully saturated rings. The first-order chi connectivity index (χ1) is 9.98. The van der Waals surface area contributed by atoms with Crippen LogP contribution in [0.15, 0.2) is 53.4 Å². The summed E-state index contributed by atoms with van der Waals surface area (Å²) in [7, 11) is -0.600. The largest absolute Gasteiger partial charge is 0.497 e. The highest BCUT2D eigenvalue weighted by Gasteiger charge is 2.21. The molecule has 2 aromatic rings. The highest BCUT2D eigenvalue weighted by Crippen LogP contribution is 2.25. The summed E-state index contributed by atoms with van der Waals surface area (Å²) in [5, 5.41) is 0. The molecule has 2 rings (SSSR count). The van der Waals surface area contributed by atoms with E-state index in [0.29, 0.717) is 17.1 Å². The first-order valence-corrected chi connectivity index (χ1v) is 7.62. The molecule has 0 unspecified atom stereocenters. The fourth-order valence-corrected chi connectivity index (χ4v) is 3.01. The van der Waals surface area contributed by atoms with Crippen LogP contribution in [0.1, 0.15) is 0 Å². The summed E-state index contributed by atoms with van der Waals surface area (Å²) in [5.41, 5.74) is 3.62. The zero-order chi connectivity index (χ0) is 15.5. The van der Waals surface area contributed by atoms with Crippen molar-refractivity contribution < 1.29 is 13.2 Å². The number of anilines is 2. The van der Waals surface area contributed by atoms with Gasteiger partial charge in [-0.25, -0.2) is 8.42 Å². The second-order valence-corrected chi connectivity index (χ2v) is 6.31. The summed E-state index contributed by atoms with van der Waals surface area (Å²) in [6.07, 6.45) is 0. The van der Waals surface area contributed by atoms with Crippen molar-refractivity contribution in [3.05, 3.63) is 48.5 Å². The molecule has 0 aromatic heterocycles. The summed E-state index contributed by atoms with van der Waals surface area (Å²) in [4.78, 5) is 0.187. The van der Waals surface area contributed by atoms with Gasteiger partial charge in [0.25, 0.3) is 10.0 Å². The predicted octanol–water partition coefficient (Wildman–Crippen LogP) is 1.81. The molecule has 0 spiro atoms. The maximum Gasteiger partial charge on any atom is 0.264 e. The molecule has 112 valence electrons. The first-order valence-electron chi connectivity index (χ1n) is 6.18. The van der Waals surface area contributed by atoms with Crippen LogP contribution in [-0.4, -0.2) is 22.6 Å². The van der Waals surface area contributed by atoms with Crippen LogP contribution in [0.4, 0.5) is 11.4 Å². The quantitative estimate of drug-likeness (QED) is 0.650. The van der Waals surface area contributed by atoms with E-state index >= 15 is 0 Å². The maximum absolute atomic E-state index is 12.6. The molecule has 6 nitrogen and oxygen atoms in total. The van der Waals surface area contributed by atoms with Crippen LogP contribution >= 0.6 is 0 Å². The van der Waals surface area contributed by atoms with Gasteiger partial charge < -0.3 is 10.2 Å². The van der Waals surface area contributed by atoms with Crippen molar-refractivity contribution in [2.24, 2.45) is 5.84 Å². The Morgan fingerprint density at radius 1 is 1.14 bits per heavy atom. The topological polar surface area (TPSA) is 84.7 Å². The lowest BCUT2D eigenvalue weighted by atomic mass is 10.3. The van der Waals surface area contributed by atoms with E-state index in [2.05, 4.69) is 5.43 Å². The van der Waals surface area contributed by atoms with Crippen molar-refractivity contribution >= 4 is 21.4 Å². The number of ether oxygens (including phenoxy) is 1. The van der Waals surface area contributed by atoms with Crippen molar-refractivity contribution in [1.29, 1.82) is 0 Å². The molecule has 0 aliphatic carbocycles. The van der Waals surface area contributed by atoms with Crippen LogP contribution in [0, 0.1) is 0 Å². The Morgan fingerprint density at radius 2 is 1.81 bits per heavy atom. The first kappa shape index (κ1) is 15.1. The Kier molecular flexibility index (Phi) is 4.35. The van der Waals surface area contributed by atoms with E-state index in [1.54, 1.807) is 36.4 Å². The monoisotopic (exact) mass is 307 g/mol. The average Bonchev–Trinajstić information content (AvgIpc) is 2.54. The second kappa shape index (κ2) is 6.02. The van der Waals surface area contributed by atoms with Crippen molar-refractivity contribution in [3.8, 4) is 5.75 Å². The molecule has 3 N–H and O–H groups in total. The maximum atomic E-state index is 12.6. The number of benzene rings is 2. The lowest BCUT2D eigenvalue weighted by Gasteiger charge is -2.20. The molecule has 0 amide bonds. The number of nitrogens with zero attached hydrogens (tertiary/aromatic N) is 1. The van der Waals surface area contributed by atoms with Gasteiger partial charge in [-0.2, -0.15) is 0 Å². The molecule has 0 aliphatic rings. The third-order valence-electron chi connectivity index (χ3n) is 3.10. The lowest BCUT2D eigenvalue weighted by molar-refractivity contribution is 0.415. The van der Waals surface area contributed by atoms with Crippen molar-refractivity contribution in [2.75, 3.05) is 23.9 Å². The van der Waals surface area contributed by atoms with Gasteiger partial charge in [-0.15, -0.1) is 0 Å². The summed E-state index contributed by atoms with van der Waals surface area (Å²) in [6.45, 7) is 0. The molecule has 0 saturated carbocycles. The molecule has 0 heterocycles. The summed E-state index contributed by atoms with van der Waals surface area (Å²) < 4.78 is 31.4. The Morgan fingerprint density at radius 3 is 2.38 bits per heavy atom. The Labute approximate surface area is 124 Å². The fourth-order valence-electron chi connectivity index (χ4n) is 1.83. The summed E-state index contributed by atoms with van der Waals surface area (Å²) in [6, 6.07) is 13.1. The SMILES string of the molecule is COc1cccc(N(C)S(=O)(=O)c2ccc(NN)cc2)c1. The zero-order valence-corrected chi connectivity index (χ0v) is 12.6. The summed E-state index contributed by atoms with van der Waals surface area (Å²) >= 11 is 0. The average molecular weight is 307 g/mol. The molecule has 7 heteroatoms. The van der Waals surface area contributed by atoms with Crippen LogP contribution in [0.5, 0.6) is 5.75 Å². The molecule has 21 heavy (non-hydrogen) atoms.